The normalized spacial score (nSPS) is 13.1. The van der Waals surface area contributed by atoms with Gasteiger partial charge in [-0.2, -0.15) is 0 Å². The molecule has 1 amide bonds. The minimum atomic E-state index is -0.0490. The van der Waals surface area contributed by atoms with E-state index in [2.05, 4.69) is 6.07 Å². The van der Waals surface area contributed by atoms with Gasteiger partial charge >= 0.3 is 0 Å². The molecule has 3 rings (SSSR count). The summed E-state index contributed by atoms with van der Waals surface area (Å²) in [6.45, 7) is 7.89. The second-order valence-corrected chi connectivity index (χ2v) is 6.29. The lowest BCUT2D eigenvalue weighted by atomic mass is 10.0. The van der Waals surface area contributed by atoms with Gasteiger partial charge < -0.3 is 19.1 Å². The molecule has 0 unspecified atom stereocenters. The fourth-order valence-corrected chi connectivity index (χ4v) is 3.41. The molecular weight excluding hydrogens is 342 g/mol. The van der Waals surface area contributed by atoms with Gasteiger partial charge in [0.2, 0.25) is 5.75 Å². The SMILES string of the molecule is CCOc1cc(C(=O)N2CCCc3ccccc32)cc(OCC)c1OCC. The number of amides is 1. The zero-order valence-electron chi connectivity index (χ0n) is 16.3. The van der Waals surface area contributed by atoms with Crippen LogP contribution >= 0.6 is 0 Å². The Labute approximate surface area is 160 Å². The first-order valence-electron chi connectivity index (χ1n) is 9.65. The van der Waals surface area contributed by atoms with E-state index < -0.39 is 0 Å². The van der Waals surface area contributed by atoms with Crippen molar-refractivity contribution in [3.63, 3.8) is 0 Å². The summed E-state index contributed by atoms with van der Waals surface area (Å²) in [5, 5.41) is 0. The van der Waals surface area contributed by atoms with Crippen molar-refractivity contribution in [2.75, 3.05) is 31.3 Å². The van der Waals surface area contributed by atoms with Crippen molar-refractivity contribution in [1.82, 2.24) is 0 Å². The van der Waals surface area contributed by atoms with E-state index in [9.17, 15) is 4.79 Å². The summed E-state index contributed by atoms with van der Waals surface area (Å²) < 4.78 is 17.2. The summed E-state index contributed by atoms with van der Waals surface area (Å²) in [4.78, 5) is 15.2. The molecule has 2 aromatic carbocycles. The number of para-hydroxylation sites is 1. The Hall–Kier alpha value is -2.69. The van der Waals surface area contributed by atoms with Crippen molar-refractivity contribution in [2.45, 2.75) is 33.6 Å². The molecule has 0 radical (unpaired) electrons. The number of nitrogens with zero attached hydrogens (tertiary/aromatic N) is 1. The highest BCUT2D eigenvalue weighted by Gasteiger charge is 2.26. The van der Waals surface area contributed by atoms with Gasteiger partial charge in [0, 0.05) is 17.8 Å². The first-order chi connectivity index (χ1) is 13.2. The summed E-state index contributed by atoms with van der Waals surface area (Å²) in [7, 11) is 0. The molecule has 1 aliphatic rings. The summed E-state index contributed by atoms with van der Waals surface area (Å²) in [6.07, 6.45) is 1.95. The second-order valence-electron chi connectivity index (χ2n) is 6.29. The number of anilines is 1. The van der Waals surface area contributed by atoms with E-state index in [4.69, 9.17) is 14.2 Å². The molecule has 5 nitrogen and oxygen atoms in total. The fraction of sp³-hybridized carbons (Fsp3) is 0.409. The monoisotopic (exact) mass is 369 g/mol. The van der Waals surface area contributed by atoms with E-state index in [1.165, 1.54) is 5.56 Å². The van der Waals surface area contributed by atoms with Crippen LogP contribution in [-0.4, -0.2) is 32.3 Å². The fourth-order valence-electron chi connectivity index (χ4n) is 3.41. The average Bonchev–Trinajstić information content (AvgIpc) is 2.69. The molecule has 1 heterocycles. The van der Waals surface area contributed by atoms with E-state index in [0.717, 1.165) is 18.5 Å². The van der Waals surface area contributed by atoms with Gasteiger partial charge in [-0.25, -0.2) is 0 Å². The van der Waals surface area contributed by atoms with E-state index in [0.29, 0.717) is 49.2 Å². The van der Waals surface area contributed by atoms with Crippen LogP contribution in [0.4, 0.5) is 5.69 Å². The number of hydrogen-bond donors (Lipinski definition) is 0. The number of carbonyl (C=O) groups excluding carboxylic acids is 1. The number of benzene rings is 2. The van der Waals surface area contributed by atoms with E-state index >= 15 is 0 Å². The predicted octanol–water partition coefficient (Wildman–Crippen LogP) is 4.48. The number of carbonyl (C=O) groups is 1. The molecule has 2 aromatic rings. The van der Waals surface area contributed by atoms with Crippen LogP contribution < -0.4 is 19.1 Å². The van der Waals surface area contributed by atoms with Crippen molar-refractivity contribution in [3.05, 3.63) is 47.5 Å². The molecule has 0 aliphatic carbocycles. The van der Waals surface area contributed by atoms with Gasteiger partial charge in [0.15, 0.2) is 11.5 Å². The molecule has 0 N–H and O–H groups in total. The lowest BCUT2D eigenvalue weighted by Gasteiger charge is -2.30. The maximum absolute atomic E-state index is 13.3. The van der Waals surface area contributed by atoms with Crippen molar-refractivity contribution in [1.29, 1.82) is 0 Å². The summed E-state index contributed by atoms with van der Waals surface area (Å²) in [6, 6.07) is 11.6. The highest BCUT2D eigenvalue weighted by atomic mass is 16.5. The van der Waals surface area contributed by atoms with Crippen molar-refractivity contribution >= 4 is 11.6 Å². The van der Waals surface area contributed by atoms with Crippen LogP contribution in [0.25, 0.3) is 0 Å². The number of hydrogen-bond acceptors (Lipinski definition) is 4. The van der Waals surface area contributed by atoms with Gasteiger partial charge in [-0.15, -0.1) is 0 Å². The Morgan fingerprint density at radius 2 is 1.59 bits per heavy atom. The Bertz CT molecular complexity index is 776. The van der Waals surface area contributed by atoms with Crippen LogP contribution in [0.1, 0.15) is 43.1 Å². The molecule has 0 saturated carbocycles. The molecule has 144 valence electrons. The lowest BCUT2D eigenvalue weighted by Crippen LogP contribution is -2.35. The molecule has 0 spiro atoms. The minimum absolute atomic E-state index is 0.0490. The molecule has 5 heteroatoms. The van der Waals surface area contributed by atoms with Gasteiger partial charge in [0.1, 0.15) is 0 Å². The van der Waals surface area contributed by atoms with Gasteiger partial charge in [-0.05, 0) is 57.4 Å². The largest absolute Gasteiger partial charge is 0.490 e. The van der Waals surface area contributed by atoms with Gasteiger partial charge in [-0.3, -0.25) is 4.79 Å². The first kappa shape index (κ1) is 19.1. The van der Waals surface area contributed by atoms with Gasteiger partial charge in [-0.1, -0.05) is 18.2 Å². The van der Waals surface area contributed by atoms with Crippen LogP contribution in [0.5, 0.6) is 17.2 Å². The zero-order chi connectivity index (χ0) is 19.2. The standard InChI is InChI=1S/C22H27NO4/c1-4-25-19-14-17(15-20(26-5-2)21(19)27-6-3)22(24)23-13-9-11-16-10-7-8-12-18(16)23/h7-8,10,12,14-15H,4-6,9,11,13H2,1-3H3. The zero-order valence-corrected chi connectivity index (χ0v) is 16.3. The van der Waals surface area contributed by atoms with Crippen molar-refractivity contribution < 1.29 is 19.0 Å². The molecule has 27 heavy (non-hydrogen) atoms. The Morgan fingerprint density at radius 1 is 0.963 bits per heavy atom. The maximum Gasteiger partial charge on any atom is 0.258 e. The van der Waals surface area contributed by atoms with E-state index in [-0.39, 0.29) is 5.91 Å². The van der Waals surface area contributed by atoms with E-state index in [1.54, 1.807) is 12.1 Å². The second kappa shape index (κ2) is 8.80. The smallest absolute Gasteiger partial charge is 0.258 e. The highest BCUT2D eigenvalue weighted by molar-refractivity contribution is 6.07. The summed E-state index contributed by atoms with van der Waals surface area (Å²) in [5.74, 6) is 1.58. The van der Waals surface area contributed by atoms with Crippen LogP contribution in [0.15, 0.2) is 36.4 Å². The van der Waals surface area contributed by atoms with Crippen molar-refractivity contribution in [2.24, 2.45) is 0 Å². The van der Waals surface area contributed by atoms with Crippen LogP contribution in [0, 0.1) is 0 Å². The Balaban J connectivity index is 2.02. The first-order valence-corrected chi connectivity index (χ1v) is 9.65. The molecule has 0 aromatic heterocycles. The third-order valence-electron chi connectivity index (χ3n) is 4.51. The minimum Gasteiger partial charge on any atom is -0.490 e. The highest BCUT2D eigenvalue weighted by Crippen LogP contribution is 2.40. The summed E-state index contributed by atoms with van der Waals surface area (Å²) in [5.41, 5.74) is 2.73. The number of rotatable bonds is 7. The molecule has 0 fully saturated rings. The Kier molecular flexibility index (Phi) is 6.22. The third kappa shape index (κ3) is 4.02. The number of ether oxygens (including phenoxy) is 3. The lowest BCUT2D eigenvalue weighted by molar-refractivity contribution is 0.0984. The third-order valence-corrected chi connectivity index (χ3v) is 4.51. The van der Waals surface area contributed by atoms with Crippen LogP contribution in [0.2, 0.25) is 0 Å². The van der Waals surface area contributed by atoms with Gasteiger partial charge in [0.05, 0.1) is 19.8 Å². The topological polar surface area (TPSA) is 48.0 Å². The number of fused-ring (bicyclic) bond motifs is 1. The van der Waals surface area contributed by atoms with Crippen LogP contribution in [-0.2, 0) is 6.42 Å². The van der Waals surface area contributed by atoms with Crippen LogP contribution in [0.3, 0.4) is 0 Å². The van der Waals surface area contributed by atoms with E-state index in [1.807, 2.05) is 43.9 Å². The number of aryl methyl sites for hydroxylation is 1. The molecular formula is C22H27NO4. The Morgan fingerprint density at radius 3 is 2.22 bits per heavy atom. The maximum atomic E-state index is 13.3. The summed E-state index contributed by atoms with van der Waals surface area (Å²) >= 11 is 0. The molecule has 0 atom stereocenters. The molecule has 1 aliphatic heterocycles. The average molecular weight is 369 g/mol. The predicted molar refractivity (Wildman–Crippen MR) is 106 cm³/mol. The van der Waals surface area contributed by atoms with Crippen molar-refractivity contribution in [3.8, 4) is 17.2 Å². The quantitative estimate of drug-likeness (QED) is 0.722. The molecule has 0 saturated heterocycles. The molecule has 0 bridgehead atoms. The van der Waals surface area contributed by atoms with Gasteiger partial charge in [0.25, 0.3) is 5.91 Å².